The Morgan fingerprint density at radius 1 is 1.00 bits per heavy atom. The predicted molar refractivity (Wildman–Crippen MR) is 125 cm³/mol. The summed E-state index contributed by atoms with van der Waals surface area (Å²) >= 11 is 0. The van der Waals surface area contributed by atoms with Crippen LogP contribution in [0.5, 0.6) is 0 Å². The zero-order valence-corrected chi connectivity index (χ0v) is 18.4. The summed E-state index contributed by atoms with van der Waals surface area (Å²) in [6.07, 6.45) is 2.52. The Balaban J connectivity index is 1.46. The molecule has 0 radical (unpaired) electrons. The van der Waals surface area contributed by atoms with Crippen LogP contribution in [0.3, 0.4) is 0 Å². The van der Waals surface area contributed by atoms with E-state index >= 15 is 0 Å². The molecule has 0 fully saturated rings. The van der Waals surface area contributed by atoms with Crippen LogP contribution in [0.25, 0.3) is 16.9 Å². The van der Waals surface area contributed by atoms with E-state index < -0.39 is 11.5 Å². The van der Waals surface area contributed by atoms with Crippen molar-refractivity contribution in [1.29, 1.82) is 0 Å². The number of carbonyl (C=O) groups excluding carboxylic acids is 1. The summed E-state index contributed by atoms with van der Waals surface area (Å²) in [5.41, 5.74) is 11.5. The van der Waals surface area contributed by atoms with Gasteiger partial charge in [0.05, 0.1) is 17.0 Å². The Bertz CT molecular complexity index is 1230. The van der Waals surface area contributed by atoms with Crippen LogP contribution in [-0.2, 0) is 12.0 Å². The Morgan fingerprint density at radius 2 is 1.62 bits per heavy atom. The summed E-state index contributed by atoms with van der Waals surface area (Å²) in [4.78, 5) is 15.8. The standard InChI is InChI=1S/C26H26N4O2/c1-17-14-24(25(27)31)29-30(17)22-11-6-19(7-12-22)15-18-4-8-20(9-5-18)23-13-10-21(16-28-23)26(2,3)32/h4-14,16,32H,15H2,1-3H3,(H2,27,31). The first kappa shape index (κ1) is 21.5. The van der Waals surface area contributed by atoms with Crippen LogP contribution in [-0.4, -0.2) is 25.8 Å². The van der Waals surface area contributed by atoms with E-state index in [9.17, 15) is 9.90 Å². The monoisotopic (exact) mass is 426 g/mol. The molecule has 0 aliphatic carbocycles. The summed E-state index contributed by atoms with van der Waals surface area (Å²) in [6.45, 7) is 5.39. The molecule has 2 aromatic heterocycles. The molecule has 0 aliphatic heterocycles. The lowest BCUT2D eigenvalue weighted by molar-refractivity contribution is 0.0782. The number of pyridine rings is 1. The topological polar surface area (TPSA) is 94.0 Å². The average molecular weight is 427 g/mol. The second kappa shape index (κ2) is 8.40. The molecular weight excluding hydrogens is 400 g/mol. The van der Waals surface area contributed by atoms with E-state index in [4.69, 9.17) is 5.73 Å². The second-order valence-electron chi connectivity index (χ2n) is 8.48. The van der Waals surface area contributed by atoms with Gasteiger partial charge in [-0.15, -0.1) is 0 Å². The molecule has 4 aromatic rings. The first-order valence-electron chi connectivity index (χ1n) is 10.4. The molecule has 6 nitrogen and oxygen atoms in total. The van der Waals surface area contributed by atoms with Crippen LogP contribution >= 0.6 is 0 Å². The van der Waals surface area contributed by atoms with Crippen molar-refractivity contribution in [2.75, 3.05) is 0 Å². The van der Waals surface area contributed by atoms with Crippen LogP contribution in [0.15, 0.2) is 72.9 Å². The van der Waals surface area contributed by atoms with Gasteiger partial charge in [0.1, 0.15) is 0 Å². The van der Waals surface area contributed by atoms with E-state index in [1.807, 2.05) is 31.2 Å². The van der Waals surface area contributed by atoms with Crippen LogP contribution in [0.1, 0.15) is 46.7 Å². The van der Waals surface area contributed by atoms with Gasteiger partial charge in [0, 0.05) is 23.0 Å². The van der Waals surface area contributed by atoms with Gasteiger partial charge < -0.3 is 10.8 Å². The van der Waals surface area contributed by atoms with E-state index in [-0.39, 0.29) is 5.69 Å². The zero-order valence-electron chi connectivity index (χ0n) is 18.4. The fraction of sp³-hybridized carbons (Fsp3) is 0.192. The predicted octanol–water partition coefficient (Wildman–Crippen LogP) is 4.16. The van der Waals surface area contributed by atoms with E-state index in [2.05, 4.69) is 46.5 Å². The van der Waals surface area contributed by atoms with E-state index in [1.165, 1.54) is 11.1 Å². The van der Waals surface area contributed by atoms with E-state index in [0.29, 0.717) is 0 Å². The lowest BCUT2D eigenvalue weighted by Gasteiger charge is -2.17. The summed E-state index contributed by atoms with van der Waals surface area (Å²) < 4.78 is 1.72. The average Bonchev–Trinajstić information content (AvgIpc) is 3.16. The van der Waals surface area contributed by atoms with E-state index in [0.717, 1.165) is 34.6 Å². The minimum atomic E-state index is -0.898. The molecule has 162 valence electrons. The molecule has 0 saturated heterocycles. The number of aryl methyl sites for hydroxylation is 1. The molecule has 0 aliphatic rings. The Morgan fingerprint density at radius 3 is 2.12 bits per heavy atom. The number of nitrogens with zero attached hydrogens (tertiary/aromatic N) is 3. The van der Waals surface area contributed by atoms with Crippen molar-refractivity contribution in [3.63, 3.8) is 0 Å². The lowest BCUT2D eigenvalue weighted by atomic mass is 9.99. The molecule has 0 atom stereocenters. The first-order chi connectivity index (χ1) is 15.2. The molecular formula is C26H26N4O2. The Labute approximate surface area is 187 Å². The highest BCUT2D eigenvalue weighted by molar-refractivity contribution is 5.90. The highest BCUT2D eigenvalue weighted by Gasteiger charge is 2.16. The molecule has 0 spiro atoms. The number of rotatable bonds is 6. The van der Waals surface area contributed by atoms with Crippen molar-refractivity contribution in [2.24, 2.45) is 5.73 Å². The zero-order chi connectivity index (χ0) is 22.9. The van der Waals surface area contributed by atoms with Gasteiger partial charge in [-0.2, -0.15) is 5.10 Å². The minimum Gasteiger partial charge on any atom is -0.386 e. The van der Waals surface area contributed by atoms with Gasteiger partial charge in [0.25, 0.3) is 5.91 Å². The fourth-order valence-electron chi connectivity index (χ4n) is 3.57. The highest BCUT2D eigenvalue weighted by atomic mass is 16.3. The molecule has 4 rings (SSSR count). The number of benzene rings is 2. The van der Waals surface area contributed by atoms with Crippen molar-refractivity contribution >= 4 is 5.91 Å². The summed E-state index contributed by atoms with van der Waals surface area (Å²) in [5.74, 6) is -0.532. The van der Waals surface area contributed by atoms with Crippen molar-refractivity contribution in [3.05, 3.63) is 101 Å². The fourth-order valence-corrected chi connectivity index (χ4v) is 3.57. The van der Waals surface area contributed by atoms with Gasteiger partial charge in [-0.05, 0) is 62.6 Å². The molecule has 1 amide bonds. The molecule has 2 aromatic carbocycles. The number of primary amides is 1. The molecule has 0 unspecified atom stereocenters. The number of aromatic nitrogens is 3. The normalized spacial score (nSPS) is 11.5. The van der Waals surface area contributed by atoms with Crippen LogP contribution in [0.2, 0.25) is 0 Å². The summed E-state index contributed by atoms with van der Waals surface area (Å²) in [6, 6.07) is 22.0. The number of aliphatic hydroxyl groups is 1. The minimum absolute atomic E-state index is 0.260. The number of amides is 1. The number of nitrogens with two attached hydrogens (primary N) is 1. The number of hydrogen-bond acceptors (Lipinski definition) is 4. The number of carbonyl (C=O) groups is 1. The maximum Gasteiger partial charge on any atom is 0.269 e. The van der Waals surface area contributed by atoms with Crippen LogP contribution < -0.4 is 5.73 Å². The van der Waals surface area contributed by atoms with Gasteiger partial charge in [-0.3, -0.25) is 9.78 Å². The second-order valence-corrected chi connectivity index (χ2v) is 8.48. The quantitative estimate of drug-likeness (QED) is 0.484. The number of hydrogen-bond donors (Lipinski definition) is 2. The third kappa shape index (κ3) is 4.60. The molecule has 6 heteroatoms. The molecule has 32 heavy (non-hydrogen) atoms. The van der Waals surface area contributed by atoms with Crippen molar-refractivity contribution in [1.82, 2.24) is 14.8 Å². The maximum absolute atomic E-state index is 11.4. The third-order valence-corrected chi connectivity index (χ3v) is 5.45. The smallest absolute Gasteiger partial charge is 0.269 e. The van der Waals surface area contributed by atoms with Gasteiger partial charge in [-0.1, -0.05) is 42.5 Å². The third-order valence-electron chi connectivity index (χ3n) is 5.45. The molecule has 3 N–H and O–H groups in total. The summed E-state index contributed by atoms with van der Waals surface area (Å²) in [7, 11) is 0. The SMILES string of the molecule is Cc1cc(C(N)=O)nn1-c1ccc(Cc2ccc(-c3ccc(C(C)(C)O)cn3)cc2)cc1. The van der Waals surface area contributed by atoms with Crippen molar-refractivity contribution < 1.29 is 9.90 Å². The van der Waals surface area contributed by atoms with Crippen molar-refractivity contribution in [3.8, 4) is 16.9 Å². The first-order valence-corrected chi connectivity index (χ1v) is 10.4. The molecule has 0 saturated carbocycles. The lowest BCUT2D eigenvalue weighted by Crippen LogP contribution is -2.15. The van der Waals surface area contributed by atoms with Gasteiger partial charge in [0.15, 0.2) is 5.69 Å². The van der Waals surface area contributed by atoms with Gasteiger partial charge in [0.2, 0.25) is 0 Å². The highest BCUT2D eigenvalue weighted by Crippen LogP contribution is 2.23. The van der Waals surface area contributed by atoms with Gasteiger partial charge in [-0.25, -0.2) is 4.68 Å². The van der Waals surface area contributed by atoms with Crippen LogP contribution in [0, 0.1) is 6.92 Å². The van der Waals surface area contributed by atoms with Crippen molar-refractivity contribution in [2.45, 2.75) is 32.8 Å². The largest absolute Gasteiger partial charge is 0.386 e. The maximum atomic E-state index is 11.4. The van der Waals surface area contributed by atoms with Crippen LogP contribution in [0.4, 0.5) is 0 Å². The van der Waals surface area contributed by atoms with Gasteiger partial charge >= 0.3 is 0 Å². The van der Waals surface area contributed by atoms with E-state index in [1.54, 1.807) is 30.8 Å². The Kier molecular flexibility index (Phi) is 5.63. The molecule has 2 heterocycles. The summed E-state index contributed by atoms with van der Waals surface area (Å²) in [5, 5.41) is 14.4. The Hall–Kier alpha value is -3.77. The molecule has 0 bridgehead atoms.